The fourth-order valence-electron chi connectivity index (χ4n) is 8.84. The fraction of sp³-hybridized carbons (Fsp3) is 0. The van der Waals surface area contributed by atoms with E-state index in [9.17, 15) is 0 Å². The van der Waals surface area contributed by atoms with E-state index in [1.807, 2.05) is 41.7 Å². The monoisotopic (exact) mass is 820 g/mol. The number of thiophene rings is 1. The van der Waals surface area contributed by atoms with E-state index in [1.165, 1.54) is 42.2 Å². The Morgan fingerprint density at radius 2 is 0.762 bits per heavy atom. The number of hydrogen-bond donors (Lipinski definition) is 0. The SMILES string of the molecule is c1ccc(-c2nc(-c3ccc(-c4ccc5nc(-c6ccccc6)c6cccc(-c7ccccc7)c6c5c4)cc3)nc(-c3ccc(-c4cccc5c4sc4ccccc45)cc3)n2)cc1. The largest absolute Gasteiger partial charge is 0.247 e. The van der Waals surface area contributed by atoms with E-state index < -0.39 is 0 Å². The summed E-state index contributed by atoms with van der Waals surface area (Å²) in [6.45, 7) is 0. The molecule has 0 aliphatic carbocycles. The van der Waals surface area contributed by atoms with Crippen molar-refractivity contribution in [3.05, 3.63) is 218 Å². The van der Waals surface area contributed by atoms with Crippen LogP contribution in [0.3, 0.4) is 0 Å². The van der Waals surface area contributed by atoms with E-state index in [0.29, 0.717) is 17.5 Å². The molecule has 0 aliphatic rings. The third-order valence-electron chi connectivity index (χ3n) is 12.0. The molecule has 0 unspecified atom stereocenters. The summed E-state index contributed by atoms with van der Waals surface area (Å²) in [7, 11) is 0. The average molecular weight is 821 g/mol. The van der Waals surface area contributed by atoms with E-state index in [2.05, 4.69) is 188 Å². The molecule has 0 bridgehead atoms. The van der Waals surface area contributed by atoms with Crippen LogP contribution < -0.4 is 0 Å². The first-order chi connectivity index (χ1) is 31.2. The van der Waals surface area contributed by atoms with Gasteiger partial charge in [-0.25, -0.2) is 19.9 Å². The van der Waals surface area contributed by atoms with Crippen LogP contribution in [0.1, 0.15) is 0 Å². The maximum Gasteiger partial charge on any atom is 0.164 e. The quantitative estimate of drug-likeness (QED) is 0.150. The molecule has 9 aromatic carbocycles. The van der Waals surface area contributed by atoms with Crippen molar-refractivity contribution in [3.8, 4) is 78.8 Å². The van der Waals surface area contributed by atoms with Crippen LogP contribution >= 0.6 is 11.3 Å². The molecule has 0 aliphatic heterocycles. The van der Waals surface area contributed by atoms with Gasteiger partial charge in [-0.05, 0) is 51.6 Å². The van der Waals surface area contributed by atoms with Crippen molar-refractivity contribution in [2.45, 2.75) is 0 Å². The van der Waals surface area contributed by atoms with Gasteiger partial charge in [-0.2, -0.15) is 0 Å². The van der Waals surface area contributed by atoms with Gasteiger partial charge < -0.3 is 0 Å². The topological polar surface area (TPSA) is 51.6 Å². The average Bonchev–Trinajstić information content (AvgIpc) is 3.76. The first-order valence-electron chi connectivity index (χ1n) is 21.1. The summed E-state index contributed by atoms with van der Waals surface area (Å²) < 4.78 is 2.60. The Hall–Kier alpha value is -8.12. The summed E-state index contributed by atoms with van der Waals surface area (Å²) in [5.41, 5.74) is 12.8. The molecular weight excluding hydrogens is 785 g/mol. The molecule has 12 rings (SSSR count). The van der Waals surface area contributed by atoms with Crippen LogP contribution in [0.5, 0.6) is 0 Å². The molecule has 0 radical (unpaired) electrons. The summed E-state index contributed by atoms with van der Waals surface area (Å²) in [6, 6.07) is 76.9. The van der Waals surface area contributed by atoms with E-state index in [-0.39, 0.29) is 0 Å². The molecule has 0 amide bonds. The number of fused-ring (bicyclic) bond motifs is 6. The zero-order valence-corrected chi connectivity index (χ0v) is 34.8. The van der Waals surface area contributed by atoms with Crippen molar-refractivity contribution in [2.75, 3.05) is 0 Å². The minimum absolute atomic E-state index is 0.624. The molecule has 294 valence electrons. The van der Waals surface area contributed by atoms with E-state index >= 15 is 0 Å². The van der Waals surface area contributed by atoms with Crippen molar-refractivity contribution in [1.82, 2.24) is 19.9 Å². The molecule has 0 saturated carbocycles. The highest BCUT2D eigenvalue weighted by molar-refractivity contribution is 7.26. The van der Waals surface area contributed by atoms with Crippen molar-refractivity contribution in [2.24, 2.45) is 0 Å². The number of nitrogens with zero attached hydrogens (tertiary/aromatic N) is 4. The molecule has 0 spiro atoms. The maximum absolute atomic E-state index is 5.28. The lowest BCUT2D eigenvalue weighted by atomic mass is 9.91. The molecule has 5 heteroatoms. The number of rotatable bonds is 7. The van der Waals surface area contributed by atoms with Gasteiger partial charge in [0, 0.05) is 58.6 Å². The lowest BCUT2D eigenvalue weighted by molar-refractivity contribution is 1.07. The van der Waals surface area contributed by atoms with E-state index in [4.69, 9.17) is 19.9 Å². The van der Waals surface area contributed by atoms with Gasteiger partial charge in [0.2, 0.25) is 0 Å². The Bertz CT molecular complexity index is 3640. The number of aromatic nitrogens is 4. The molecule has 0 atom stereocenters. The summed E-state index contributed by atoms with van der Waals surface area (Å²) in [5, 5.41) is 6.03. The molecular formula is C58H36N4S. The second-order valence-corrected chi connectivity index (χ2v) is 16.8. The summed E-state index contributed by atoms with van der Waals surface area (Å²) in [6.07, 6.45) is 0. The van der Waals surface area contributed by atoms with Gasteiger partial charge >= 0.3 is 0 Å². The summed E-state index contributed by atoms with van der Waals surface area (Å²) >= 11 is 1.85. The number of benzene rings is 9. The van der Waals surface area contributed by atoms with Crippen LogP contribution in [0.15, 0.2) is 218 Å². The van der Waals surface area contributed by atoms with Gasteiger partial charge in [-0.3, -0.25) is 0 Å². The van der Waals surface area contributed by atoms with Gasteiger partial charge in [0.05, 0.1) is 11.2 Å². The summed E-state index contributed by atoms with van der Waals surface area (Å²) in [5.74, 6) is 1.89. The van der Waals surface area contributed by atoms with Crippen LogP contribution in [0, 0.1) is 0 Å². The highest BCUT2D eigenvalue weighted by Crippen LogP contribution is 2.42. The molecule has 63 heavy (non-hydrogen) atoms. The van der Waals surface area contributed by atoms with Gasteiger partial charge in [-0.15, -0.1) is 11.3 Å². The smallest absolute Gasteiger partial charge is 0.164 e. The third kappa shape index (κ3) is 6.63. The molecule has 3 heterocycles. The van der Waals surface area contributed by atoms with Crippen molar-refractivity contribution in [1.29, 1.82) is 0 Å². The molecule has 0 N–H and O–H groups in total. The number of hydrogen-bond acceptors (Lipinski definition) is 5. The van der Waals surface area contributed by atoms with Crippen molar-refractivity contribution >= 4 is 53.2 Å². The molecule has 12 aromatic rings. The molecule has 4 nitrogen and oxygen atoms in total. The van der Waals surface area contributed by atoms with Gasteiger partial charge in [0.25, 0.3) is 0 Å². The predicted octanol–water partition coefficient (Wildman–Crippen LogP) is 15.6. The second kappa shape index (κ2) is 15.4. The zero-order chi connectivity index (χ0) is 41.7. The Labute approximate surface area is 368 Å². The first kappa shape index (κ1) is 36.7. The maximum atomic E-state index is 5.28. The minimum Gasteiger partial charge on any atom is -0.247 e. The Kier molecular flexibility index (Phi) is 8.98. The normalized spacial score (nSPS) is 11.5. The number of pyridine rings is 1. The van der Waals surface area contributed by atoms with Gasteiger partial charge in [0.1, 0.15) is 0 Å². The molecule has 0 fully saturated rings. The standard InChI is InChI=1S/C58H36N4S/c1-4-14-38(15-5-1)45-21-12-24-49-53(45)50-36-44(34-35-51(50)59-54(49)40-16-6-2-7-17-40)37-26-30-42(31-27-37)57-60-56(41-18-8-3-9-19-41)61-58(62-57)43-32-28-39(29-33-43)46-22-13-23-48-47-20-10-11-25-52(47)63-55(46)48/h1-36H. The molecule has 3 aromatic heterocycles. The molecule has 0 saturated heterocycles. The van der Waals surface area contributed by atoms with Gasteiger partial charge in [0.15, 0.2) is 17.5 Å². The van der Waals surface area contributed by atoms with Crippen LogP contribution in [0.2, 0.25) is 0 Å². The summed E-state index contributed by atoms with van der Waals surface area (Å²) in [4.78, 5) is 20.5. The third-order valence-corrected chi connectivity index (χ3v) is 13.2. The van der Waals surface area contributed by atoms with E-state index in [0.717, 1.165) is 60.9 Å². The minimum atomic E-state index is 0.624. The zero-order valence-electron chi connectivity index (χ0n) is 34.0. The lowest BCUT2D eigenvalue weighted by Crippen LogP contribution is -2.00. The van der Waals surface area contributed by atoms with Crippen molar-refractivity contribution in [3.63, 3.8) is 0 Å². The lowest BCUT2D eigenvalue weighted by Gasteiger charge is -2.15. The Balaban J connectivity index is 0.932. The second-order valence-electron chi connectivity index (χ2n) is 15.8. The first-order valence-corrected chi connectivity index (χ1v) is 21.9. The Morgan fingerprint density at radius 1 is 0.286 bits per heavy atom. The van der Waals surface area contributed by atoms with Crippen LogP contribution in [0.4, 0.5) is 0 Å². The highest BCUT2D eigenvalue weighted by Gasteiger charge is 2.17. The van der Waals surface area contributed by atoms with Crippen LogP contribution in [-0.4, -0.2) is 19.9 Å². The van der Waals surface area contributed by atoms with Crippen molar-refractivity contribution < 1.29 is 0 Å². The Morgan fingerprint density at radius 3 is 1.43 bits per heavy atom. The van der Waals surface area contributed by atoms with Crippen LogP contribution in [-0.2, 0) is 0 Å². The predicted molar refractivity (Wildman–Crippen MR) is 264 cm³/mol. The highest BCUT2D eigenvalue weighted by atomic mass is 32.1. The van der Waals surface area contributed by atoms with Crippen LogP contribution in [0.25, 0.3) is 121 Å². The van der Waals surface area contributed by atoms with E-state index in [1.54, 1.807) is 0 Å². The fourth-order valence-corrected chi connectivity index (χ4v) is 10.1. The van der Waals surface area contributed by atoms with Gasteiger partial charge in [-0.1, -0.05) is 200 Å².